The Hall–Kier alpha value is -2.19. The lowest BCUT2D eigenvalue weighted by molar-refractivity contribution is 0.174. The molecule has 5 heteroatoms. The monoisotopic (exact) mass is 228 g/mol. The van der Waals surface area contributed by atoms with E-state index in [1.807, 2.05) is 12.1 Å². The molecule has 86 valence electrons. The molecule has 2 rings (SSSR count). The highest BCUT2D eigenvalue weighted by molar-refractivity contribution is 5.56. The van der Waals surface area contributed by atoms with Crippen LogP contribution in [0.4, 0.5) is 0 Å². The molecule has 0 radical (unpaired) electrons. The molecule has 0 aliphatic heterocycles. The first-order valence-electron chi connectivity index (χ1n) is 5.27. The molecule has 1 unspecified atom stereocenters. The molecule has 0 saturated carbocycles. The number of hydrogen-bond donors (Lipinski definition) is 1. The van der Waals surface area contributed by atoms with Crippen molar-refractivity contribution in [1.82, 2.24) is 14.8 Å². The third-order valence-corrected chi connectivity index (χ3v) is 2.35. The van der Waals surface area contributed by atoms with Crippen molar-refractivity contribution in [2.45, 2.75) is 19.6 Å². The van der Waals surface area contributed by atoms with Gasteiger partial charge in [0, 0.05) is 5.56 Å². The second-order valence-corrected chi connectivity index (χ2v) is 3.85. The number of nitrogens with zero attached hydrogens (tertiary/aromatic N) is 4. The lowest BCUT2D eigenvalue weighted by atomic mass is 10.1. The van der Waals surface area contributed by atoms with Gasteiger partial charge in [-0.1, -0.05) is 0 Å². The van der Waals surface area contributed by atoms with Gasteiger partial charge in [-0.2, -0.15) is 5.26 Å². The van der Waals surface area contributed by atoms with Crippen molar-refractivity contribution < 1.29 is 5.11 Å². The Bertz CT molecular complexity index is 536. The van der Waals surface area contributed by atoms with Gasteiger partial charge in [-0.25, -0.2) is 0 Å². The first kappa shape index (κ1) is 11.3. The molecule has 0 spiro atoms. The summed E-state index contributed by atoms with van der Waals surface area (Å²) in [4.78, 5) is 0. The lowest BCUT2D eigenvalue weighted by Gasteiger charge is -2.08. The van der Waals surface area contributed by atoms with Crippen LogP contribution in [0.15, 0.2) is 30.6 Å². The van der Waals surface area contributed by atoms with Crippen LogP contribution in [0.5, 0.6) is 0 Å². The molecule has 1 aromatic heterocycles. The molecule has 17 heavy (non-hydrogen) atoms. The van der Waals surface area contributed by atoms with Crippen LogP contribution >= 0.6 is 0 Å². The SMILES string of the molecule is CC(O)Cn1cnnc1-c1ccc(C#N)cc1. The number of rotatable bonds is 3. The predicted molar refractivity (Wildman–Crippen MR) is 61.9 cm³/mol. The van der Waals surface area contributed by atoms with Gasteiger partial charge in [0.05, 0.1) is 24.3 Å². The molecule has 0 fully saturated rings. The Morgan fingerprint density at radius 2 is 2.12 bits per heavy atom. The molecule has 0 bridgehead atoms. The Kier molecular flexibility index (Phi) is 3.17. The van der Waals surface area contributed by atoms with E-state index in [1.165, 1.54) is 0 Å². The van der Waals surface area contributed by atoms with Gasteiger partial charge in [-0.05, 0) is 31.2 Å². The minimum Gasteiger partial charge on any atom is -0.392 e. The Morgan fingerprint density at radius 1 is 1.41 bits per heavy atom. The van der Waals surface area contributed by atoms with Crippen LogP contribution in [-0.4, -0.2) is 26.0 Å². The van der Waals surface area contributed by atoms with Crippen molar-refractivity contribution in [2.24, 2.45) is 0 Å². The van der Waals surface area contributed by atoms with Gasteiger partial charge in [0.1, 0.15) is 6.33 Å². The Morgan fingerprint density at radius 3 is 2.71 bits per heavy atom. The number of aliphatic hydroxyl groups is 1. The first-order valence-corrected chi connectivity index (χ1v) is 5.27. The standard InChI is InChI=1S/C12H12N4O/c1-9(17)7-16-8-14-15-12(16)11-4-2-10(6-13)3-5-11/h2-5,8-9,17H,7H2,1H3. The number of benzene rings is 1. The van der Waals surface area contributed by atoms with Gasteiger partial charge in [-0.15, -0.1) is 10.2 Å². The molecule has 2 aromatic rings. The molecular formula is C12H12N4O. The number of hydrogen-bond acceptors (Lipinski definition) is 4. The second-order valence-electron chi connectivity index (χ2n) is 3.85. The van der Waals surface area contributed by atoms with Gasteiger partial charge >= 0.3 is 0 Å². The van der Waals surface area contributed by atoms with E-state index in [9.17, 15) is 5.11 Å². The van der Waals surface area contributed by atoms with Crippen molar-refractivity contribution in [2.75, 3.05) is 0 Å². The maximum absolute atomic E-state index is 9.36. The minimum atomic E-state index is -0.455. The lowest BCUT2D eigenvalue weighted by Crippen LogP contribution is -2.12. The molecule has 0 aliphatic carbocycles. The van der Waals surface area contributed by atoms with Gasteiger partial charge in [-0.3, -0.25) is 0 Å². The summed E-state index contributed by atoms with van der Waals surface area (Å²) in [5, 5.41) is 25.9. The summed E-state index contributed by atoms with van der Waals surface area (Å²) in [6, 6.07) is 9.17. The largest absolute Gasteiger partial charge is 0.392 e. The van der Waals surface area contributed by atoms with E-state index in [0.29, 0.717) is 17.9 Å². The maximum Gasteiger partial charge on any atom is 0.163 e. The van der Waals surface area contributed by atoms with Crippen molar-refractivity contribution in [3.8, 4) is 17.5 Å². The Balaban J connectivity index is 2.33. The predicted octanol–water partition coefficient (Wildman–Crippen LogP) is 1.20. The fourth-order valence-electron chi connectivity index (χ4n) is 1.59. The van der Waals surface area contributed by atoms with E-state index in [-0.39, 0.29) is 0 Å². The maximum atomic E-state index is 9.36. The molecule has 1 heterocycles. The molecular weight excluding hydrogens is 216 g/mol. The fraction of sp³-hybridized carbons (Fsp3) is 0.250. The fourth-order valence-corrected chi connectivity index (χ4v) is 1.59. The summed E-state index contributed by atoms with van der Waals surface area (Å²) in [5.41, 5.74) is 1.48. The average Bonchev–Trinajstić information content (AvgIpc) is 2.76. The number of aliphatic hydroxyl groups excluding tert-OH is 1. The smallest absolute Gasteiger partial charge is 0.163 e. The summed E-state index contributed by atoms with van der Waals surface area (Å²) in [7, 11) is 0. The van der Waals surface area contributed by atoms with Crippen molar-refractivity contribution >= 4 is 0 Å². The van der Waals surface area contributed by atoms with Crippen LogP contribution in [0.1, 0.15) is 12.5 Å². The molecule has 1 atom stereocenters. The number of nitriles is 1. The van der Waals surface area contributed by atoms with Crippen LogP contribution in [0.2, 0.25) is 0 Å². The van der Waals surface area contributed by atoms with E-state index in [2.05, 4.69) is 16.3 Å². The topological polar surface area (TPSA) is 74.7 Å². The van der Waals surface area contributed by atoms with E-state index < -0.39 is 6.10 Å². The normalized spacial score (nSPS) is 12.1. The van der Waals surface area contributed by atoms with Crippen LogP contribution in [0.3, 0.4) is 0 Å². The highest BCUT2D eigenvalue weighted by Crippen LogP contribution is 2.17. The molecule has 1 aromatic carbocycles. The van der Waals surface area contributed by atoms with E-state index in [1.54, 1.807) is 30.0 Å². The summed E-state index contributed by atoms with van der Waals surface area (Å²) in [6.07, 6.45) is 1.13. The summed E-state index contributed by atoms with van der Waals surface area (Å²) >= 11 is 0. The van der Waals surface area contributed by atoms with Crippen LogP contribution < -0.4 is 0 Å². The van der Waals surface area contributed by atoms with Crippen molar-refractivity contribution in [3.05, 3.63) is 36.2 Å². The summed E-state index contributed by atoms with van der Waals surface area (Å²) in [6.45, 7) is 2.16. The van der Waals surface area contributed by atoms with E-state index in [4.69, 9.17) is 5.26 Å². The summed E-state index contributed by atoms with van der Waals surface area (Å²) in [5.74, 6) is 0.690. The highest BCUT2D eigenvalue weighted by atomic mass is 16.3. The van der Waals surface area contributed by atoms with Crippen LogP contribution in [-0.2, 0) is 6.54 Å². The molecule has 5 nitrogen and oxygen atoms in total. The van der Waals surface area contributed by atoms with Gasteiger partial charge in [0.25, 0.3) is 0 Å². The van der Waals surface area contributed by atoms with Crippen LogP contribution in [0.25, 0.3) is 11.4 Å². The van der Waals surface area contributed by atoms with E-state index >= 15 is 0 Å². The molecule has 0 saturated heterocycles. The molecule has 0 amide bonds. The van der Waals surface area contributed by atoms with Gasteiger partial charge in [0.15, 0.2) is 5.82 Å². The highest BCUT2D eigenvalue weighted by Gasteiger charge is 2.08. The average molecular weight is 228 g/mol. The zero-order valence-electron chi connectivity index (χ0n) is 9.41. The van der Waals surface area contributed by atoms with Crippen molar-refractivity contribution in [1.29, 1.82) is 5.26 Å². The van der Waals surface area contributed by atoms with E-state index in [0.717, 1.165) is 5.56 Å². The minimum absolute atomic E-state index is 0.447. The third-order valence-electron chi connectivity index (χ3n) is 2.35. The van der Waals surface area contributed by atoms with Gasteiger partial charge in [0.2, 0.25) is 0 Å². The van der Waals surface area contributed by atoms with Crippen molar-refractivity contribution in [3.63, 3.8) is 0 Å². The number of aromatic nitrogens is 3. The zero-order chi connectivity index (χ0) is 12.3. The third kappa shape index (κ3) is 2.49. The zero-order valence-corrected chi connectivity index (χ0v) is 9.41. The first-order chi connectivity index (χ1) is 8.20. The molecule has 1 N–H and O–H groups in total. The molecule has 0 aliphatic rings. The quantitative estimate of drug-likeness (QED) is 0.856. The Labute approximate surface area is 99.0 Å². The van der Waals surface area contributed by atoms with Crippen LogP contribution in [0, 0.1) is 11.3 Å². The summed E-state index contributed by atoms with van der Waals surface area (Å²) < 4.78 is 1.78. The second kappa shape index (κ2) is 4.76. The van der Waals surface area contributed by atoms with Gasteiger partial charge < -0.3 is 9.67 Å².